The second kappa shape index (κ2) is 6.38. The van der Waals surface area contributed by atoms with Crippen LogP contribution in [0.1, 0.15) is 6.92 Å². The summed E-state index contributed by atoms with van der Waals surface area (Å²) in [6, 6.07) is 0. The molecule has 1 rings (SSSR count). The van der Waals surface area contributed by atoms with E-state index in [2.05, 4.69) is 26.3 Å². The lowest BCUT2D eigenvalue weighted by molar-refractivity contribution is -0.143. The lowest BCUT2D eigenvalue weighted by Gasteiger charge is -2.13. The average Bonchev–Trinajstić information content (AvgIpc) is 2.32. The Morgan fingerprint density at radius 2 is 2.21 bits per heavy atom. The second-order valence-electron chi connectivity index (χ2n) is 4.12. The lowest BCUT2D eigenvalue weighted by atomic mass is 10.2. The molecule has 1 aromatic rings. The van der Waals surface area contributed by atoms with Gasteiger partial charge in [0.25, 0.3) is 5.56 Å². The molecule has 108 valence electrons. The fourth-order valence-electron chi connectivity index (χ4n) is 1.22. The first-order chi connectivity index (χ1) is 8.74. The summed E-state index contributed by atoms with van der Waals surface area (Å²) < 4.78 is 36.9. The normalized spacial score (nSPS) is 13.4. The molecule has 0 radical (unpaired) electrons. The van der Waals surface area contributed by atoms with Crippen LogP contribution in [0.5, 0.6) is 0 Å². The second-order valence-corrected chi connectivity index (χ2v) is 4.91. The van der Waals surface area contributed by atoms with Crippen molar-refractivity contribution in [3.63, 3.8) is 0 Å². The summed E-state index contributed by atoms with van der Waals surface area (Å²) in [6.45, 7) is 0.680. The van der Waals surface area contributed by atoms with E-state index in [1.54, 1.807) is 6.92 Å². The van der Waals surface area contributed by atoms with Crippen LogP contribution in [0.2, 0.25) is 0 Å². The Morgan fingerprint density at radius 3 is 2.74 bits per heavy atom. The van der Waals surface area contributed by atoms with Crippen molar-refractivity contribution in [1.29, 1.82) is 0 Å². The maximum absolute atomic E-state index is 12.2. The van der Waals surface area contributed by atoms with Crippen LogP contribution in [-0.2, 0) is 6.54 Å². The van der Waals surface area contributed by atoms with Gasteiger partial charge in [-0.25, -0.2) is 4.68 Å². The van der Waals surface area contributed by atoms with Crippen molar-refractivity contribution in [3.05, 3.63) is 21.0 Å². The number of alkyl halides is 3. The highest BCUT2D eigenvalue weighted by molar-refractivity contribution is 9.10. The molecule has 0 amide bonds. The topological polar surface area (TPSA) is 67.2 Å². The maximum Gasteiger partial charge on any atom is 0.408 e. The molecule has 2 N–H and O–H groups in total. The minimum Gasteiger partial charge on any atom is -0.396 e. The number of nitrogens with zero attached hydrogens (tertiary/aromatic N) is 2. The third kappa shape index (κ3) is 4.83. The van der Waals surface area contributed by atoms with Crippen LogP contribution < -0.4 is 10.9 Å². The zero-order valence-corrected chi connectivity index (χ0v) is 11.6. The SMILES string of the molecule is CC(CO)CNc1cnn(CC(F)(F)F)c(=O)c1Br. The van der Waals surface area contributed by atoms with Crippen LogP contribution in [-0.4, -0.2) is 34.2 Å². The lowest BCUT2D eigenvalue weighted by Crippen LogP contribution is -2.31. The summed E-state index contributed by atoms with van der Waals surface area (Å²) in [4.78, 5) is 11.6. The number of hydrogen-bond acceptors (Lipinski definition) is 4. The van der Waals surface area contributed by atoms with E-state index in [-0.39, 0.29) is 17.0 Å². The van der Waals surface area contributed by atoms with Crippen molar-refractivity contribution in [2.75, 3.05) is 18.5 Å². The Morgan fingerprint density at radius 1 is 1.58 bits per heavy atom. The number of rotatable bonds is 5. The molecule has 0 saturated heterocycles. The Bertz CT molecular complexity index is 490. The van der Waals surface area contributed by atoms with Crippen LogP contribution >= 0.6 is 15.9 Å². The Balaban J connectivity index is 2.89. The van der Waals surface area contributed by atoms with Gasteiger partial charge in [0.15, 0.2) is 0 Å². The van der Waals surface area contributed by atoms with Gasteiger partial charge in [-0.3, -0.25) is 4.79 Å². The summed E-state index contributed by atoms with van der Waals surface area (Å²) >= 11 is 2.94. The molecule has 1 unspecified atom stereocenters. The van der Waals surface area contributed by atoms with Crippen molar-refractivity contribution in [2.45, 2.75) is 19.6 Å². The van der Waals surface area contributed by atoms with E-state index in [4.69, 9.17) is 5.11 Å². The smallest absolute Gasteiger partial charge is 0.396 e. The van der Waals surface area contributed by atoms with Gasteiger partial charge in [-0.05, 0) is 21.8 Å². The number of aliphatic hydroxyl groups is 1. The molecule has 0 bridgehead atoms. The minimum atomic E-state index is -4.50. The molecule has 0 aliphatic rings. The predicted molar refractivity (Wildman–Crippen MR) is 67.0 cm³/mol. The van der Waals surface area contributed by atoms with E-state index in [1.807, 2.05) is 0 Å². The van der Waals surface area contributed by atoms with Crippen LogP contribution in [0, 0.1) is 5.92 Å². The highest BCUT2D eigenvalue weighted by Crippen LogP contribution is 2.19. The summed E-state index contributed by atoms with van der Waals surface area (Å²) in [5.74, 6) is -0.0514. The van der Waals surface area contributed by atoms with E-state index in [9.17, 15) is 18.0 Å². The van der Waals surface area contributed by atoms with Gasteiger partial charge in [0.1, 0.15) is 11.0 Å². The van der Waals surface area contributed by atoms with Gasteiger partial charge in [0, 0.05) is 13.2 Å². The van der Waals surface area contributed by atoms with E-state index in [1.165, 1.54) is 0 Å². The molecule has 19 heavy (non-hydrogen) atoms. The maximum atomic E-state index is 12.2. The number of nitrogens with one attached hydrogen (secondary N) is 1. The molecule has 0 aromatic carbocycles. The number of halogens is 4. The van der Waals surface area contributed by atoms with Crippen LogP contribution in [0.3, 0.4) is 0 Å². The van der Waals surface area contributed by atoms with E-state index < -0.39 is 18.3 Å². The van der Waals surface area contributed by atoms with Gasteiger partial charge < -0.3 is 10.4 Å². The molecule has 1 heterocycles. The molecule has 0 spiro atoms. The molecule has 5 nitrogen and oxygen atoms in total. The summed E-state index contributed by atoms with van der Waals surface area (Å²) in [7, 11) is 0. The first kappa shape index (κ1) is 16.0. The van der Waals surface area contributed by atoms with Gasteiger partial charge in [-0.1, -0.05) is 6.92 Å². The molecule has 0 aliphatic heterocycles. The van der Waals surface area contributed by atoms with Gasteiger partial charge in [0.2, 0.25) is 0 Å². The highest BCUT2D eigenvalue weighted by atomic mass is 79.9. The largest absolute Gasteiger partial charge is 0.408 e. The van der Waals surface area contributed by atoms with Crippen molar-refractivity contribution < 1.29 is 18.3 Å². The van der Waals surface area contributed by atoms with Crippen molar-refractivity contribution in [1.82, 2.24) is 9.78 Å². The Kier molecular flexibility index (Phi) is 5.36. The quantitative estimate of drug-likeness (QED) is 0.852. The summed E-state index contributed by atoms with van der Waals surface area (Å²) in [5.41, 5.74) is -0.567. The standard InChI is InChI=1S/C10H13BrF3N3O2/c1-6(4-18)2-15-7-3-16-17(5-10(12,13)14)9(19)8(7)11/h3,6,15,18H,2,4-5H2,1H3. The van der Waals surface area contributed by atoms with Gasteiger partial charge in [0.05, 0.1) is 11.9 Å². The molecular weight excluding hydrogens is 331 g/mol. The highest BCUT2D eigenvalue weighted by Gasteiger charge is 2.29. The average molecular weight is 344 g/mol. The fraction of sp³-hybridized carbons (Fsp3) is 0.600. The number of anilines is 1. The number of aliphatic hydroxyl groups excluding tert-OH is 1. The van der Waals surface area contributed by atoms with Crippen molar-refractivity contribution >= 4 is 21.6 Å². The number of hydrogen-bond donors (Lipinski definition) is 2. The van der Waals surface area contributed by atoms with E-state index in [0.717, 1.165) is 6.20 Å². The fourth-order valence-corrected chi connectivity index (χ4v) is 1.67. The van der Waals surface area contributed by atoms with Crippen LogP contribution in [0.4, 0.5) is 18.9 Å². The molecule has 0 saturated carbocycles. The van der Waals surface area contributed by atoms with Crippen LogP contribution in [0.25, 0.3) is 0 Å². The zero-order valence-electron chi connectivity index (χ0n) is 10.0. The first-order valence-corrected chi connectivity index (χ1v) is 6.21. The van der Waals surface area contributed by atoms with Gasteiger partial charge in [-0.2, -0.15) is 18.3 Å². The molecule has 1 aromatic heterocycles. The third-order valence-electron chi connectivity index (χ3n) is 2.27. The van der Waals surface area contributed by atoms with E-state index in [0.29, 0.717) is 16.9 Å². The summed E-state index contributed by atoms with van der Waals surface area (Å²) in [6.07, 6.45) is -3.36. The van der Waals surface area contributed by atoms with Crippen molar-refractivity contribution in [3.8, 4) is 0 Å². The molecule has 1 atom stereocenters. The third-order valence-corrected chi connectivity index (χ3v) is 3.03. The molecule has 0 aliphatic carbocycles. The van der Waals surface area contributed by atoms with E-state index >= 15 is 0 Å². The first-order valence-electron chi connectivity index (χ1n) is 5.41. The van der Waals surface area contributed by atoms with Gasteiger partial charge in [-0.15, -0.1) is 0 Å². The molecule has 0 fully saturated rings. The monoisotopic (exact) mass is 343 g/mol. The molecule has 9 heteroatoms. The summed E-state index contributed by atoms with van der Waals surface area (Å²) in [5, 5.41) is 15.1. The predicted octanol–water partition coefficient (Wildman–Crippen LogP) is 1.61. The van der Waals surface area contributed by atoms with Gasteiger partial charge >= 0.3 is 6.18 Å². The molecular formula is C10H13BrF3N3O2. The zero-order chi connectivity index (χ0) is 14.6. The Labute approximate surface area is 115 Å². The minimum absolute atomic E-state index is 0.0168. The van der Waals surface area contributed by atoms with Crippen molar-refractivity contribution in [2.24, 2.45) is 5.92 Å². The Hall–Kier alpha value is -1.09. The number of aromatic nitrogens is 2. The van der Waals surface area contributed by atoms with Crippen LogP contribution in [0.15, 0.2) is 15.5 Å².